The number of nitrogens with one attached hydrogen (secondary N) is 1. The van der Waals surface area contributed by atoms with Crippen molar-refractivity contribution in [2.45, 2.75) is 19.4 Å². The summed E-state index contributed by atoms with van der Waals surface area (Å²) in [6.45, 7) is 3.21. The lowest BCUT2D eigenvalue weighted by molar-refractivity contribution is 0.0660. The molecule has 0 saturated carbocycles. The number of hydrogen-bond acceptors (Lipinski definition) is 3. The number of anilines is 1. The molecule has 7 heteroatoms. The third-order valence-corrected chi connectivity index (χ3v) is 5.90. The van der Waals surface area contributed by atoms with E-state index in [2.05, 4.69) is 35.5 Å². The Labute approximate surface area is 176 Å². The van der Waals surface area contributed by atoms with Crippen molar-refractivity contribution in [2.24, 2.45) is 0 Å². The fourth-order valence-electron chi connectivity index (χ4n) is 4.16. The minimum absolute atomic E-state index is 0.0773. The molecule has 30 heavy (non-hydrogen) atoms. The van der Waals surface area contributed by atoms with Gasteiger partial charge in [0.25, 0.3) is 5.91 Å². The van der Waals surface area contributed by atoms with Gasteiger partial charge in [-0.15, -0.1) is 0 Å². The van der Waals surface area contributed by atoms with Crippen molar-refractivity contribution < 1.29 is 14.0 Å². The molecule has 3 amide bonds. The molecule has 0 atom stereocenters. The lowest BCUT2D eigenvalue weighted by Crippen LogP contribution is -2.53. The third-order valence-electron chi connectivity index (χ3n) is 5.90. The van der Waals surface area contributed by atoms with E-state index < -0.39 is 5.82 Å². The molecular formula is C23H27FN4O2. The van der Waals surface area contributed by atoms with E-state index in [1.54, 1.807) is 21.9 Å². The number of aryl methyl sites for hydroxylation is 1. The first-order chi connectivity index (χ1) is 14.5. The molecule has 2 aromatic rings. The molecule has 0 aliphatic carbocycles. The minimum Gasteiger partial charge on any atom is -0.374 e. The van der Waals surface area contributed by atoms with Crippen molar-refractivity contribution in [1.82, 2.24) is 15.1 Å². The van der Waals surface area contributed by atoms with Gasteiger partial charge in [0.2, 0.25) is 0 Å². The van der Waals surface area contributed by atoms with Crippen LogP contribution in [0, 0.1) is 5.82 Å². The highest BCUT2D eigenvalue weighted by Gasteiger charge is 2.26. The number of carbonyl (C=O) groups excluding carboxylic acids is 2. The van der Waals surface area contributed by atoms with Gasteiger partial charge in [-0.3, -0.25) is 4.79 Å². The van der Waals surface area contributed by atoms with Crippen molar-refractivity contribution in [3.63, 3.8) is 0 Å². The van der Waals surface area contributed by atoms with Crippen LogP contribution in [-0.2, 0) is 13.0 Å². The first kappa shape index (κ1) is 20.2. The normalized spacial score (nSPS) is 16.3. The number of amides is 3. The number of benzene rings is 2. The average Bonchev–Trinajstić information content (AvgIpc) is 2.77. The monoisotopic (exact) mass is 410 g/mol. The fourth-order valence-corrected chi connectivity index (χ4v) is 4.16. The highest BCUT2D eigenvalue weighted by molar-refractivity contribution is 5.94. The van der Waals surface area contributed by atoms with E-state index in [-0.39, 0.29) is 17.5 Å². The van der Waals surface area contributed by atoms with Crippen molar-refractivity contribution in [3.05, 3.63) is 65.0 Å². The first-order valence-corrected chi connectivity index (χ1v) is 10.4. The summed E-state index contributed by atoms with van der Waals surface area (Å²) >= 11 is 0. The van der Waals surface area contributed by atoms with E-state index in [4.69, 9.17) is 0 Å². The summed E-state index contributed by atoms with van der Waals surface area (Å²) in [7, 11) is 2.11. The van der Waals surface area contributed by atoms with Crippen LogP contribution >= 0.6 is 0 Å². The molecule has 4 rings (SSSR count). The maximum atomic E-state index is 13.9. The molecule has 2 aliphatic heterocycles. The molecule has 0 aromatic heterocycles. The Morgan fingerprint density at radius 2 is 1.73 bits per heavy atom. The molecule has 0 bridgehead atoms. The quantitative estimate of drug-likeness (QED) is 0.847. The summed E-state index contributed by atoms with van der Waals surface area (Å²) in [6.07, 6.45) is 2.22. The molecule has 0 unspecified atom stereocenters. The zero-order valence-corrected chi connectivity index (χ0v) is 17.2. The second-order valence-corrected chi connectivity index (χ2v) is 7.91. The Bertz CT molecular complexity index is 941. The number of hydrogen-bond donors (Lipinski definition) is 1. The van der Waals surface area contributed by atoms with E-state index in [1.807, 2.05) is 0 Å². The van der Waals surface area contributed by atoms with E-state index in [9.17, 15) is 14.0 Å². The maximum absolute atomic E-state index is 13.9. The molecule has 0 radical (unpaired) electrons. The lowest BCUT2D eigenvalue weighted by Gasteiger charge is -2.34. The second-order valence-electron chi connectivity index (χ2n) is 7.91. The van der Waals surface area contributed by atoms with Gasteiger partial charge < -0.3 is 20.0 Å². The van der Waals surface area contributed by atoms with E-state index in [1.165, 1.54) is 23.4 Å². The summed E-state index contributed by atoms with van der Waals surface area (Å²) < 4.78 is 13.9. The van der Waals surface area contributed by atoms with Crippen LogP contribution in [0.15, 0.2) is 42.5 Å². The van der Waals surface area contributed by atoms with Gasteiger partial charge in [0.1, 0.15) is 5.82 Å². The second kappa shape index (κ2) is 8.73. The van der Waals surface area contributed by atoms with Crippen LogP contribution in [-0.4, -0.2) is 61.5 Å². The van der Waals surface area contributed by atoms with Gasteiger partial charge >= 0.3 is 6.03 Å². The number of piperazine rings is 1. The van der Waals surface area contributed by atoms with Crippen LogP contribution in [0.4, 0.5) is 14.9 Å². The van der Waals surface area contributed by atoms with Crippen molar-refractivity contribution in [3.8, 4) is 0 Å². The molecule has 1 fully saturated rings. The van der Waals surface area contributed by atoms with Crippen LogP contribution < -0.4 is 10.2 Å². The first-order valence-electron chi connectivity index (χ1n) is 10.4. The molecule has 158 valence electrons. The molecule has 2 aliphatic rings. The van der Waals surface area contributed by atoms with Crippen molar-refractivity contribution >= 4 is 17.6 Å². The number of halogens is 1. The maximum Gasteiger partial charge on any atom is 0.317 e. The van der Waals surface area contributed by atoms with Gasteiger partial charge in [0, 0.05) is 52.0 Å². The zero-order chi connectivity index (χ0) is 21.1. The number of urea groups is 1. The van der Waals surface area contributed by atoms with Gasteiger partial charge in [0.05, 0.1) is 5.56 Å². The predicted molar refractivity (Wildman–Crippen MR) is 114 cm³/mol. The number of rotatable bonds is 3. The summed E-state index contributed by atoms with van der Waals surface area (Å²) in [5.41, 5.74) is 3.77. The van der Waals surface area contributed by atoms with Crippen LogP contribution in [0.3, 0.4) is 0 Å². The van der Waals surface area contributed by atoms with E-state index in [0.717, 1.165) is 24.9 Å². The van der Waals surface area contributed by atoms with Crippen LogP contribution in [0.1, 0.15) is 27.9 Å². The lowest BCUT2D eigenvalue weighted by atomic mass is 9.99. The Morgan fingerprint density at radius 3 is 2.50 bits per heavy atom. The van der Waals surface area contributed by atoms with Crippen LogP contribution in [0.2, 0.25) is 0 Å². The Hall–Kier alpha value is -3.09. The summed E-state index contributed by atoms with van der Waals surface area (Å²) in [4.78, 5) is 30.6. The van der Waals surface area contributed by atoms with Gasteiger partial charge in [-0.1, -0.05) is 24.3 Å². The number of fused-ring (bicyclic) bond motifs is 1. The minimum atomic E-state index is -0.515. The SMILES string of the molecule is CN1CCCc2cc(CNC(=O)N3CCN(C(=O)c4ccccc4F)CC3)ccc21. The van der Waals surface area contributed by atoms with Crippen molar-refractivity contribution in [2.75, 3.05) is 44.7 Å². The molecule has 1 saturated heterocycles. The topological polar surface area (TPSA) is 55.9 Å². The molecular weight excluding hydrogens is 383 g/mol. The zero-order valence-electron chi connectivity index (χ0n) is 17.2. The molecule has 0 spiro atoms. The summed E-state index contributed by atoms with van der Waals surface area (Å²) in [6, 6.07) is 12.2. The number of carbonyl (C=O) groups is 2. The summed E-state index contributed by atoms with van der Waals surface area (Å²) in [5.74, 6) is -0.842. The fraction of sp³-hybridized carbons (Fsp3) is 0.391. The van der Waals surface area contributed by atoms with Gasteiger partial charge in [0.15, 0.2) is 0 Å². The van der Waals surface area contributed by atoms with Gasteiger partial charge in [-0.25, -0.2) is 9.18 Å². The predicted octanol–water partition coefficient (Wildman–Crippen LogP) is 2.88. The highest BCUT2D eigenvalue weighted by atomic mass is 19.1. The van der Waals surface area contributed by atoms with Gasteiger partial charge in [-0.05, 0) is 42.2 Å². The number of nitrogens with zero attached hydrogens (tertiary/aromatic N) is 3. The molecule has 2 aromatic carbocycles. The van der Waals surface area contributed by atoms with Crippen LogP contribution in [0.25, 0.3) is 0 Å². The third kappa shape index (κ3) is 4.25. The summed E-state index contributed by atoms with van der Waals surface area (Å²) in [5, 5.41) is 2.98. The molecule has 2 heterocycles. The standard InChI is InChI=1S/C23H27FN4O2/c1-26-10-4-5-18-15-17(8-9-21(18)26)16-25-23(30)28-13-11-27(12-14-28)22(29)19-6-2-3-7-20(19)24/h2-3,6-9,15H,4-5,10-14,16H2,1H3,(H,25,30). The van der Waals surface area contributed by atoms with E-state index in [0.29, 0.717) is 32.7 Å². The Morgan fingerprint density at radius 1 is 1.00 bits per heavy atom. The average molecular weight is 410 g/mol. The largest absolute Gasteiger partial charge is 0.374 e. The molecule has 1 N–H and O–H groups in total. The van der Waals surface area contributed by atoms with E-state index >= 15 is 0 Å². The van der Waals surface area contributed by atoms with Gasteiger partial charge in [-0.2, -0.15) is 0 Å². The molecule has 6 nitrogen and oxygen atoms in total. The smallest absolute Gasteiger partial charge is 0.317 e. The van der Waals surface area contributed by atoms with Crippen molar-refractivity contribution in [1.29, 1.82) is 0 Å². The van der Waals surface area contributed by atoms with Crippen LogP contribution in [0.5, 0.6) is 0 Å². The highest BCUT2D eigenvalue weighted by Crippen LogP contribution is 2.26. The Balaban J connectivity index is 1.29. The Kier molecular flexibility index (Phi) is 5.88.